The second kappa shape index (κ2) is 4.44. The van der Waals surface area contributed by atoms with Crippen molar-refractivity contribution in [3.8, 4) is 0 Å². The Labute approximate surface area is 101 Å². The van der Waals surface area contributed by atoms with Gasteiger partial charge < -0.3 is 10.6 Å². The fourth-order valence-electron chi connectivity index (χ4n) is 1.36. The van der Waals surface area contributed by atoms with Crippen LogP contribution in [-0.4, -0.2) is 12.6 Å². The summed E-state index contributed by atoms with van der Waals surface area (Å²) in [6, 6.07) is 5.93. The minimum atomic E-state index is 0.151. The van der Waals surface area contributed by atoms with Crippen molar-refractivity contribution in [1.82, 2.24) is 0 Å². The van der Waals surface area contributed by atoms with Crippen molar-refractivity contribution in [1.29, 1.82) is 0 Å². The summed E-state index contributed by atoms with van der Waals surface area (Å²) < 4.78 is 1.05. The van der Waals surface area contributed by atoms with Gasteiger partial charge >= 0.3 is 0 Å². The summed E-state index contributed by atoms with van der Waals surface area (Å²) >= 11 is 3.55. The molecule has 0 unspecified atom stereocenters. The number of anilines is 2. The summed E-state index contributed by atoms with van der Waals surface area (Å²) in [5, 5.41) is 0. The van der Waals surface area contributed by atoms with E-state index in [-0.39, 0.29) is 5.54 Å². The first-order chi connectivity index (χ1) is 6.88. The fraction of sp³-hybridized carbons (Fsp3) is 0.500. The zero-order chi connectivity index (χ0) is 11.6. The van der Waals surface area contributed by atoms with Crippen molar-refractivity contribution in [3.05, 3.63) is 22.7 Å². The van der Waals surface area contributed by atoms with Crippen LogP contribution in [0.2, 0.25) is 0 Å². The second-order valence-electron chi connectivity index (χ2n) is 4.44. The summed E-state index contributed by atoms with van der Waals surface area (Å²) in [4.78, 5) is 2.27. The minimum Gasteiger partial charge on any atom is -0.399 e. The Morgan fingerprint density at radius 1 is 1.40 bits per heavy atom. The van der Waals surface area contributed by atoms with Gasteiger partial charge in [-0.1, -0.05) is 6.92 Å². The standard InChI is InChI=1S/C12H19BrN2/c1-5-12(2,3)15(4)11-7-6-9(14)8-10(11)13/h6-8H,5,14H2,1-4H3. The van der Waals surface area contributed by atoms with E-state index in [1.54, 1.807) is 0 Å². The lowest BCUT2D eigenvalue weighted by Gasteiger charge is -2.37. The number of rotatable bonds is 3. The first-order valence-electron chi connectivity index (χ1n) is 5.17. The van der Waals surface area contributed by atoms with Gasteiger partial charge in [0.2, 0.25) is 0 Å². The van der Waals surface area contributed by atoms with Gasteiger partial charge in [-0.15, -0.1) is 0 Å². The molecular weight excluding hydrogens is 252 g/mol. The second-order valence-corrected chi connectivity index (χ2v) is 5.29. The molecule has 0 atom stereocenters. The predicted octanol–water partition coefficient (Wildman–Crippen LogP) is 3.66. The van der Waals surface area contributed by atoms with Gasteiger partial charge in [0.05, 0.1) is 5.69 Å². The Morgan fingerprint density at radius 3 is 2.47 bits per heavy atom. The number of benzene rings is 1. The molecule has 0 bridgehead atoms. The van der Waals surface area contributed by atoms with E-state index in [1.165, 1.54) is 5.69 Å². The van der Waals surface area contributed by atoms with Crippen molar-refractivity contribution in [2.24, 2.45) is 0 Å². The van der Waals surface area contributed by atoms with Crippen LogP contribution in [0.1, 0.15) is 27.2 Å². The summed E-state index contributed by atoms with van der Waals surface area (Å²) in [5.74, 6) is 0. The van der Waals surface area contributed by atoms with Gasteiger partial charge in [0, 0.05) is 22.7 Å². The van der Waals surface area contributed by atoms with Crippen LogP contribution in [0, 0.1) is 0 Å². The maximum atomic E-state index is 5.72. The van der Waals surface area contributed by atoms with Crippen LogP contribution in [0.3, 0.4) is 0 Å². The summed E-state index contributed by atoms with van der Waals surface area (Å²) in [7, 11) is 2.11. The van der Waals surface area contributed by atoms with Crippen molar-refractivity contribution < 1.29 is 0 Å². The van der Waals surface area contributed by atoms with Gasteiger partial charge in [-0.3, -0.25) is 0 Å². The highest BCUT2D eigenvalue weighted by Gasteiger charge is 2.22. The third-order valence-corrected chi connectivity index (χ3v) is 3.74. The summed E-state index contributed by atoms with van der Waals surface area (Å²) in [6.45, 7) is 6.66. The van der Waals surface area contributed by atoms with E-state index < -0.39 is 0 Å². The molecule has 0 amide bonds. The number of hydrogen-bond donors (Lipinski definition) is 1. The Balaban J connectivity index is 3.06. The molecule has 84 valence electrons. The predicted molar refractivity (Wildman–Crippen MR) is 71.3 cm³/mol. The first-order valence-corrected chi connectivity index (χ1v) is 5.96. The van der Waals surface area contributed by atoms with Crippen LogP contribution in [0.15, 0.2) is 22.7 Å². The van der Waals surface area contributed by atoms with Gasteiger partial charge in [-0.25, -0.2) is 0 Å². The summed E-state index contributed by atoms with van der Waals surface area (Å²) in [5.41, 5.74) is 7.83. The van der Waals surface area contributed by atoms with Crippen LogP contribution in [0.25, 0.3) is 0 Å². The van der Waals surface area contributed by atoms with Gasteiger partial charge in [0.1, 0.15) is 0 Å². The van der Waals surface area contributed by atoms with Crippen molar-refractivity contribution in [2.75, 3.05) is 17.7 Å². The largest absolute Gasteiger partial charge is 0.399 e. The molecule has 0 spiro atoms. The number of hydrogen-bond acceptors (Lipinski definition) is 2. The molecule has 0 fully saturated rings. The molecule has 1 aromatic rings. The fourth-order valence-corrected chi connectivity index (χ4v) is 2.02. The molecule has 0 aliphatic heterocycles. The monoisotopic (exact) mass is 270 g/mol. The molecule has 0 aliphatic carbocycles. The van der Waals surface area contributed by atoms with Crippen LogP contribution < -0.4 is 10.6 Å². The van der Waals surface area contributed by atoms with Crippen LogP contribution >= 0.6 is 15.9 Å². The average molecular weight is 271 g/mol. The quantitative estimate of drug-likeness (QED) is 0.850. The topological polar surface area (TPSA) is 29.3 Å². The molecule has 0 saturated carbocycles. The van der Waals surface area contributed by atoms with E-state index in [9.17, 15) is 0 Å². The highest BCUT2D eigenvalue weighted by Crippen LogP contribution is 2.32. The smallest absolute Gasteiger partial charge is 0.0514 e. The highest BCUT2D eigenvalue weighted by molar-refractivity contribution is 9.10. The number of halogens is 1. The molecule has 1 aromatic carbocycles. The lowest BCUT2D eigenvalue weighted by atomic mass is 9.99. The lowest BCUT2D eigenvalue weighted by molar-refractivity contribution is 0.470. The number of nitrogens with two attached hydrogens (primary N) is 1. The van der Waals surface area contributed by atoms with Crippen molar-refractivity contribution >= 4 is 27.3 Å². The third kappa shape index (κ3) is 2.65. The van der Waals surface area contributed by atoms with Crippen LogP contribution in [0.4, 0.5) is 11.4 Å². The Morgan fingerprint density at radius 2 is 2.00 bits per heavy atom. The molecule has 2 nitrogen and oxygen atoms in total. The Bertz CT molecular complexity index is 347. The van der Waals surface area contributed by atoms with Gasteiger partial charge in [0.15, 0.2) is 0 Å². The van der Waals surface area contributed by atoms with E-state index in [1.807, 2.05) is 12.1 Å². The normalized spacial score (nSPS) is 11.5. The molecule has 1 rings (SSSR count). The van der Waals surface area contributed by atoms with E-state index in [0.717, 1.165) is 16.6 Å². The van der Waals surface area contributed by atoms with Gasteiger partial charge in [-0.2, -0.15) is 0 Å². The van der Waals surface area contributed by atoms with Gasteiger partial charge in [0.25, 0.3) is 0 Å². The van der Waals surface area contributed by atoms with Crippen molar-refractivity contribution in [2.45, 2.75) is 32.7 Å². The van der Waals surface area contributed by atoms with Crippen LogP contribution in [0.5, 0.6) is 0 Å². The lowest BCUT2D eigenvalue weighted by Crippen LogP contribution is -2.40. The van der Waals surface area contributed by atoms with Gasteiger partial charge in [-0.05, 0) is 54.4 Å². The highest BCUT2D eigenvalue weighted by atomic mass is 79.9. The molecule has 0 saturated heterocycles. The van der Waals surface area contributed by atoms with E-state index in [0.29, 0.717) is 0 Å². The molecule has 3 heteroatoms. The molecule has 2 N–H and O–H groups in total. The maximum absolute atomic E-state index is 5.72. The number of nitrogen functional groups attached to an aromatic ring is 1. The molecule has 0 radical (unpaired) electrons. The summed E-state index contributed by atoms with van der Waals surface area (Å²) in [6.07, 6.45) is 1.10. The molecule has 15 heavy (non-hydrogen) atoms. The van der Waals surface area contributed by atoms with Crippen LogP contribution in [-0.2, 0) is 0 Å². The van der Waals surface area contributed by atoms with Crippen molar-refractivity contribution in [3.63, 3.8) is 0 Å². The zero-order valence-corrected chi connectivity index (χ0v) is 11.4. The third-order valence-electron chi connectivity index (χ3n) is 3.11. The average Bonchev–Trinajstić information content (AvgIpc) is 2.17. The SMILES string of the molecule is CCC(C)(C)N(C)c1ccc(N)cc1Br. The van der Waals surface area contributed by atoms with E-state index in [4.69, 9.17) is 5.73 Å². The maximum Gasteiger partial charge on any atom is 0.0514 e. The Hall–Kier alpha value is -0.700. The molecular formula is C12H19BrN2. The van der Waals surface area contributed by atoms with E-state index >= 15 is 0 Å². The minimum absolute atomic E-state index is 0.151. The number of nitrogens with zero attached hydrogens (tertiary/aromatic N) is 1. The first kappa shape index (κ1) is 12.4. The molecule has 0 heterocycles. The molecule has 0 aliphatic rings. The molecule has 0 aromatic heterocycles. The zero-order valence-electron chi connectivity index (χ0n) is 9.84. The Kier molecular flexibility index (Phi) is 3.66. The van der Waals surface area contributed by atoms with E-state index in [2.05, 4.69) is 54.7 Å².